The molecule has 3 N–H and O–H groups in total. The van der Waals surface area contributed by atoms with Crippen molar-refractivity contribution in [3.63, 3.8) is 0 Å². The molecule has 1 aliphatic rings. The maximum atomic E-state index is 11.1. The first-order valence-electron chi connectivity index (χ1n) is 10.3. The molecule has 0 aliphatic heterocycles. The summed E-state index contributed by atoms with van der Waals surface area (Å²) in [6.07, 6.45) is 11.6. The summed E-state index contributed by atoms with van der Waals surface area (Å²) >= 11 is 0. The van der Waals surface area contributed by atoms with Gasteiger partial charge < -0.3 is 20.1 Å². The topological polar surface area (TPSA) is 87.0 Å². The van der Waals surface area contributed by atoms with E-state index in [1.807, 2.05) is 12.2 Å². The number of carbonyl (C=O) groups is 1. The second-order valence-corrected chi connectivity index (χ2v) is 7.60. The monoisotopic (exact) mass is 370 g/mol. The molecule has 1 rings (SSSR count). The molecule has 0 spiro atoms. The third-order valence-electron chi connectivity index (χ3n) is 5.55. The number of aliphatic hydroxyl groups excluding tert-OH is 3. The Morgan fingerprint density at radius 3 is 2.54 bits per heavy atom. The quantitative estimate of drug-likeness (QED) is 0.263. The summed E-state index contributed by atoms with van der Waals surface area (Å²) < 4.78 is 4.61. The van der Waals surface area contributed by atoms with E-state index in [1.54, 1.807) is 0 Å². The number of methoxy groups -OCH3 is 1. The average molecular weight is 371 g/mol. The molecule has 1 fully saturated rings. The van der Waals surface area contributed by atoms with Gasteiger partial charge in [0, 0.05) is 6.42 Å². The van der Waals surface area contributed by atoms with Crippen LogP contribution in [0.5, 0.6) is 0 Å². The molecule has 5 atom stereocenters. The van der Waals surface area contributed by atoms with Crippen LogP contribution >= 0.6 is 0 Å². The van der Waals surface area contributed by atoms with Crippen LogP contribution in [-0.4, -0.2) is 46.7 Å². The molecule has 0 aromatic rings. The SMILES string of the molecule is CCCCC[C@H](O)CC[C@@H]1[C@@H](C/C=C\CCCC(=O)OC)[C@@H](O)C[C@H]1O. The molecule has 5 heteroatoms. The van der Waals surface area contributed by atoms with Crippen molar-refractivity contribution in [2.24, 2.45) is 11.8 Å². The smallest absolute Gasteiger partial charge is 0.305 e. The minimum absolute atomic E-state index is 0.0460. The summed E-state index contributed by atoms with van der Waals surface area (Å²) in [5.41, 5.74) is 0. The van der Waals surface area contributed by atoms with Crippen molar-refractivity contribution < 1.29 is 24.9 Å². The van der Waals surface area contributed by atoms with E-state index in [1.165, 1.54) is 7.11 Å². The van der Waals surface area contributed by atoms with Crippen LogP contribution in [0.2, 0.25) is 0 Å². The molecule has 1 saturated carbocycles. The number of carbonyl (C=O) groups excluding carboxylic acids is 1. The fourth-order valence-corrected chi connectivity index (χ4v) is 3.90. The summed E-state index contributed by atoms with van der Waals surface area (Å²) in [5.74, 6) is -0.0967. The van der Waals surface area contributed by atoms with E-state index in [0.29, 0.717) is 19.3 Å². The second kappa shape index (κ2) is 13.3. The highest BCUT2D eigenvalue weighted by molar-refractivity contribution is 5.69. The van der Waals surface area contributed by atoms with Crippen LogP contribution in [0, 0.1) is 11.8 Å². The lowest BCUT2D eigenvalue weighted by Gasteiger charge is -2.23. The van der Waals surface area contributed by atoms with Crippen LogP contribution in [0.3, 0.4) is 0 Å². The zero-order chi connectivity index (χ0) is 19.4. The predicted molar refractivity (Wildman–Crippen MR) is 103 cm³/mol. The lowest BCUT2D eigenvalue weighted by Crippen LogP contribution is -2.23. The van der Waals surface area contributed by atoms with E-state index in [4.69, 9.17) is 0 Å². The van der Waals surface area contributed by atoms with Gasteiger partial charge in [0.15, 0.2) is 0 Å². The van der Waals surface area contributed by atoms with Crippen molar-refractivity contribution in [1.82, 2.24) is 0 Å². The number of esters is 1. The molecule has 0 radical (unpaired) electrons. The van der Waals surface area contributed by atoms with Crippen LogP contribution < -0.4 is 0 Å². The van der Waals surface area contributed by atoms with E-state index in [0.717, 1.165) is 51.4 Å². The van der Waals surface area contributed by atoms with Crippen LogP contribution in [0.1, 0.15) is 77.6 Å². The Balaban J connectivity index is 2.35. The zero-order valence-electron chi connectivity index (χ0n) is 16.5. The number of aliphatic hydroxyl groups is 3. The molecule has 5 nitrogen and oxygen atoms in total. The highest BCUT2D eigenvalue weighted by Gasteiger charge is 2.40. The van der Waals surface area contributed by atoms with Crippen molar-refractivity contribution in [2.75, 3.05) is 7.11 Å². The molecular weight excluding hydrogens is 332 g/mol. The van der Waals surface area contributed by atoms with Crippen LogP contribution in [0.4, 0.5) is 0 Å². The van der Waals surface area contributed by atoms with Gasteiger partial charge in [-0.05, 0) is 56.8 Å². The highest BCUT2D eigenvalue weighted by atomic mass is 16.5. The first-order valence-corrected chi connectivity index (χ1v) is 10.3. The highest BCUT2D eigenvalue weighted by Crippen LogP contribution is 2.38. The number of allylic oxidation sites excluding steroid dienone is 2. The van der Waals surface area contributed by atoms with Crippen LogP contribution in [0.25, 0.3) is 0 Å². The van der Waals surface area contributed by atoms with E-state index in [-0.39, 0.29) is 23.9 Å². The largest absolute Gasteiger partial charge is 0.469 e. The summed E-state index contributed by atoms with van der Waals surface area (Å²) in [5, 5.41) is 30.6. The lowest BCUT2D eigenvalue weighted by molar-refractivity contribution is -0.140. The van der Waals surface area contributed by atoms with Crippen LogP contribution in [0.15, 0.2) is 12.2 Å². The predicted octanol–water partition coefficient (Wildman–Crippen LogP) is 3.36. The number of ether oxygens (including phenoxy) is 1. The fourth-order valence-electron chi connectivity index (χ4n) is 3.90. The van der Waals surface area contributed by atoms with Crippen molar-refractivity contribution in [3.8, 4) is 0 Å². The lowest BCUT2D eigenvalue weighted by atomic mass is 9.85. The van der Waals surface area contributed by atoms with Gasteiger partial charge in [-0.25, -0.2) is 0 Å². The first-order chi connectivity index (χ1) is 12.5. The van der Waals surface area contributed by atoms with Gasteiger partial charge in [0.1, 0.15) is 0 Å². The number of hydrogen-bond donors (Lipinski definition) is 3. The molecule has 0 amide bonds. The Labute approximate surface area is 158 Å². The molecule has 152 valence electrons. The van der Waals surface area contributed by atoms with Gasteiger partial charge >= 0.3 is 5.97 Å². The van der Waals surface area contributed by atoms with Crippen LogP contribution in [-0.2, 0) is 9.53 Å². The molecule has 0 saturated heterocycles. The number of hydrogen-bond acceptors (Lipinski definition) is 5. The third-order valence-corrected chi connectivity index (χ3v) is 5.55. The minimum Gasteiger partial charge on any atom is -0.469 e. The van der Waals surface area contributed by atoms with Crippen molar-refractivity contribution >= 4 is 5.97 Å². The Kier molecular flexibility index (Phi) is 11.8. The van der Waals surface area contributed by atoms with Crippen molar-refractivity contribution in [3.05, 3.63) is 12.2 Å². The van der Waals surface area contributed by atoms with Gasteiger partial charge in [-0.2, -0.15) is 0 Å². The summed E-state index contributed by atoms with van der Waals surface area (Å²) in [7, 11) is 1.39. The molecular formula is C21H38O5. The van der Waals surface area contributed by atoms with Gasteiger partial charge in [0.2, 0.25) is 0 Å². The third kappa shape index (κ3) is 8.65. The van der Waals surface area contributed by atoms with Gasteiger partial charge in [-0.1, -0.05) is 38.3 Å². The summed E-state index contributed by atoms with van der Waals surface area (Å²) in [4.78, 5) is 11.1. The van der Waals surface area contributed by atoms with Crippen molar-refractivity contribution in [1.29, 1.82) is 0 Å². The standard InChI is InChI=1S/C21H38O5/c1-3-4-7-10-16(22)13-14-18-17(19(23)15-20(18)24)11-8-5-6-9-12-21(25)26-2/h5,8,16-20,22-24H,3-4,6-7,9-15H2,1-2H3/b8-5-/t16-,17+,18+,19-,20+/m0/s1. The maximum Gasteiger partial charge on any atom is 0.305 e. The van der Waals surface area contributed by atoms with E-state index in [2.05, 4.69) is 11.7 Å². The molecule has 0 aromatic heterocycles. The Bertz CT molecular complexity index is 409. The van der Waals surface area contributed by atoms with Crippen molar-refractivity contribution in [2.45, 2.75) is 95.9 Å². The zero-order valence-corrected chi connectivity index (χ0v) is 16.5. The summed E-state index contributed by atoms with van der Waals surface area (Å²) in [6, 6.07) is 0. The Morgan fingerprint density at radius 1 is 1.12 bits per heavy atom. The normalized spacial score (nSPS) is 27.1. The Hall–Kier alpha value is -0.910. The average Bonchev–Trinajstić information content (AvgIpc) is 2.89. The number of rotatable bonds is 13. The molecule has 0 aromatic carbocycles. The minimum atomic E-state index is -0.481. The first kappa shape index (κ1) is 23.1. The van der Waals surface area contributed by atoms with Gasteiger partial charge in [-0.3, -0.25) is 4.79 Å². The van der Waals surface area contributed by atoms with E-state index >= 15 is 0 Å². The maximum absolute atomic E-state index is 11.1. The van der Waals surface area contributed by atoms with E-state index < -0.39 is 12.2 Å². The second-order valence-electron chi connectivity index (χ2n) is 7.60. The number of unbranched alkanes of at least 4 members (excludes halogenated alkanes) is 3. The fraction of sp³-hybridized carbons (Fsp3) is 0.857. The molecule has 0 unspecified atom stereocenters. The van der Waals surface area contributed by atoms with Gasteiger partial charge in [0.25, 0.3) is 0 Å². The molecule has 26 heavy (non-hydrogen) atoms. The summed E-state index contributed by atoms with van der Waals surface area (Å²) in [6.45, 7) is 2.15. The molecule has 0 heterocycles. The molecule has 1 aliphatic carbocycles. The van der Waals surface area contributed by atoms with Gasteiger partial charge in [-0.15, -0.1) is 0 Å². The van der Waals surface area contributed by atoms with Gasteiger partial charge in [0.05, 0.1) is 25.4 Å². The Morgan fingerprint density at radius 2 is 1.85 bits per heavy atom. The van der Waals surface area contributed by atoms with E-state index in [9.17, 15) is 20.1 Å². The molecule has 0 bridgehead atoms.